The minimum atomic E-state index is 0.545. The van der Waals surface area contributed by atoms with Crippen molar-refractivity contribution in [2.45, 2.75) is 25.7 Å². The minimum Gasteiger partial charge on any atom is -0.377 e. The molecule has 70 valence electrons. The fraction of sp³-hybridized carbons (Fsp3) is 0.800. The summed E-state index contributed by atoms with van der Waals surface area (Å²) < 4.78 is 5.41. The molecule has 0 aliphatic heterocycles. The van der Waals surface area contributed by atoms with E-state index in [1.54, 1.807) is 0 Å². The van der Waals surface area contributed by atoms with E-state index in [0.717, 1.165) is 18.1 Å². The zero-order chi connectivity index (χ0) is 8.81. The van der Waals surface area contributed by atoms with Crippen molar-refractivity contribution in [1.82, 2.24) is 0 Å². The molecule has 0 bridgehead atoms. The van der Waals surface area contributed by atoms with Crippen LogP contribution in [0.1, 0.15) is 25.7 Å². The highest BCUT2D eigenvalue weighted by Crippen LogP contribution is 2.29. The van der Waals surface area contributed by atoms with Crippen molar-refractivity contribution in [3.8, 4) is 0 Å². The lowest BCUT2D eigenvalue weighted by Gasteiger charge is -2.24. The third-order valence-corrected chi connectivity index (χ3v) is 2.49. The van der Waals surface area contributed by atoms with E-state index in [9.17, 15) is 0 Å². The van der Waals surface area contributed by atoms with Gasteiger partial charge in [0.2, 0.25) is 0 Å². The first-order valence-corrected chi connectivity index (χ1v) is 4.77. The van der Waals surface area contributed by atoms with Crippen LogP contribution in [0.4, 0.5) is 0 Å². The molecule has 0 aromatic carbocycles. The molecule has 0 heterocycles. The zero-order valence-corrected chi connectivity index (χ0v) is 7.72. The van der Waals surface area contributed by atoms with Gasteiger partial charge in [0, 0.05) is 13.2 Å². The molecular formula is C10H19NO. The Hall–Kier alpha value is -0.340. The standard InChI is InChI=1S/C10H19NO/c1-9(7-11)8-12-6-5-10-3-2-4-10/h10H,1-8,11H2. The third kappa shape index (κ3) is 3.37. The zero-order valence-electron chi connectivity index (χ0n) is 7.72. The first-order chi connectivity index (χ1) is 5.83. The minimum absolute atomic E-state index is 0.545. The summed E-state index contributed by atoms with van der Waals surface area (Å²) >= 11 is 0. The Balaban J connectivity index is 1.85. The molecule has 0 aromatic rings. The van der Waals surface area contributed by atoms with Gasteiger partial charge in [0.25, 0.3) is 0 Å². The van der Waals surface area contributed by atoms with Crippen molar-refractivity contribution in [3.63, 3.8) is 0 Å². The number of nitrogens with two attached hydrogens (primary N) is 1. The van der Waals surface area contributed by atoms with Gasteiger partial charge in [-0.1, -0.05) is 25.8 Å². The Bertz CT molecular complexity index is 141. The van der Waals surface area contributed by atoms with Crippen LogP contribution in [0.25, 0.3) is 0 Å². The molecule has 0 unspecified atom stereocenters. The Labute approximate surface area is 74.8 Å². The summed E-state index contributed by atoms with van der Waals surface area (Å²) in [5.41, 5.74) is 6.36. The molecule has 1 aliphatic rings. The SMILES string of the molecule is C=C(CN)COCCC1CCC1. The fourth-order valence-electron chi connectivity index (χ4n) is 1.31. The van der Waals surface area contributed by atoms with E-state index in [1.165, 1.54) is 25.7 Å². The van der Waals surface area contributed by atoms with Crippen LogP contribution in [0.15, 0.2) is 12.2 Å². The molecule has 1 fully saturated rings. The van der Waals surface area contributed by atoms with Crippen molar-refractivity contribution >= 4 is 0 Å². The van der Waals surface area contributed by atoms with Crippen LogP contribution in [0.5, 0.6) is 0 Å². The predicted molar refractivity (Wildman–Crippen MR) is 51.0 cm³/mol. The van der Waals surface area contributed by atoms with E-state index in [0.29, 0.717) is 13.2 Å². The molecule has 0 saturated heterocycles. The molecule has 1 saturated carbocycles. The topological polar surface area (TPSA) is 35.2 Å². The molecule has 0 aromatic heterocycles. The Morgan fingerprint density at radius 1 is 1.50 bits per heavy atom. The molecular weight excluding hydrogens is 150 g/mol. The van der Waals surface area contributed by atoms with Crippen LogP contribution in [0.2, 0.25) is 0 Å². The van der Waals surface area contributed by atoms with Gasteiger partial charge in [-0.3, -0.25) is 0 Å². The predicted octanol–water partition coefficient (Wildman–Crippen LogP) is 1.71. The maximum Gasteiger partial charge on any atom is 0.0686 e. The highest BCUT2D eigenvalue weighted by atomic mass is 16.5. The second kappa shape index (κ2) is 5.33. The lowest BCUT2D eigenvalue weighted by Crippen LogP contribution is -2.15. The van der Waals surface area contributed by atoms with E-state index in [2.05, 4.69) is 6.58 Å². The third-order valence-electron chi connectivity index (χ3n) is 2.49. The van der Waals surface area contributed by atoms with Crippen LogP contribution < -0.4 is 5.73 Å². The Morgan fingerprint density at radius 2 is 2.25 bits per heavy atom. The summed E-state index contributed by atoms with van der Waals surface area (Å²) in [6.07, 6.45) is 5.44. The lowest BCUT2D eigenvalue weighted by atomic mass is 9.83. The largest absolute Gasteiger partial charge is 0.377 e. The Morgan fingerprint density at radius 3 is 2.75 bits per heavy atom. The molecule has 0 amide bonds. The highest BCUT2D eigenvalue weighted by molar-refractivity contribution is 4.95. The summed E-state index contributed by atoms with van der Waals surface area (Å²) in [7, 11) is 0. The van der Waals surface area contributed by atoms with E-state index in [4.69, 9.17) is 10.5 Å². The molecule has 0 atom stereocenters. The van der Waals surface area contributed by atoms with Crippen molar-refractivity contribution in [3.05, 3.63) is 12.2 Å². The van der Waals surface area contributed by atoms with Gasteiger partial charge in [-0.05, 0) is 17.9 Å². The maximum absolute atomic E-state index is 5.41. The van der Waals surface area contributed by atoms with Crippen LogP contribution in [-0.4, -0.2) is 19.8 Å². The second-order valence-corrected chi connectivity index (χ2v) is 3.59. The summed E-state index contributed by atoms with van der Waals surface area (Å²) in [5, 5.41) is 0. The average Bonchev–Trinajstić information content (AvgIpc) is 2.00. The van der Waals surface area contributed by atoms with Gasteiger partial charge >= 0.3 is 0 Å². The van der Waals surface area contributed by atoms with Gasteiger partial charge in [0.05, 0.1) is 6.61 Å². The average molecular weight is 169 g/mol. The van der Waals surface area contributed by atoms with Crippen LogP contribution in [0.3, 0.4) is 0 Å². The molecule has 0 spiro atoms. The molecule has 2 N–H and O–H groups in total. The van der Waals surface area contributed by atoms with Gasteiger partial charge in [-0.2, -0.15) is 0 Å². The molecule has 2 nitrogen and oxygen atoms in total. The van der Waals surface area contributed by atoms with Crippen LogP contribution in [0, 0.1) is 5.92 Å². The van der Waals surface area contributed by atoms with Crippen molar-refractivity contribution < 1.29 is 4.74 Å². The van der Waals surface area contributed by atoms with Crippen molar-refractivity contribution in [1.29, 1.82) is 0 Å². The first-order valence-electron chi connectivity index (χ1n) is 4.77. The summed E-state index contributed by atoms with van der Waals surface area (Å²) in [5.74, 6) is 0.941. The molecule has 12 heavy (non-hydrogen) atoms. The van der Waals surface area contributed by atoms with E-state index in [-0.39, 0.29) is 0 Å². The van der Waals surface area contributed by atoms with Crippen LogP contribution >= 0.6 is 0 Å². The fourth-order valence-corrected chi connectivity index (χ4v) is 1.31. The van der Waals surface area contributed by atoms with Crippen molar-refractivity contribution in [2.24, 2.45) is 11.7 Å². The van der Waals surface area contributed by atoms with E-state index < -0.39 is 0 Å². The lowest BCUT2D eigenvalue weighted by molar-refractivity contribution is 0.123. The summed E-state index contributed by atoms with van der Waals surface area (Å²) in [6.45, 7) is 5.84. The number of ether oxygens (including phenoxy) is 1. The van der Waals surface area contributed by atoms with Gasteiger partial charge < -0.3 is 10.5 Å². The molecule has 2 heteroatoms. The quantitative estimate of drug-likeness (QED) is 0.485. The van der Waals surface area contributed by atoms with Gasteiger partial charge in [-0.25, -0.2) is 0 Å². The number of hydrogen-bond acceptors (Lipinski definition) is 2. The number of rotatable bonds is 6. The molecule has 1 rings (SSSR count). The van der Waals surface area contributed by atoms with Gasteiger partial charge in [0.15, 0.2) is 0 Å². The number of hydrogen-bond donors (Lipinski definition) is 1. The van der Waals surface area contributed by atoms with Crippen LogP contribution in [-0.2, 0) is 4.74 Å². The second-order valence-electron chi connectivity index (χ2n) is 3.59. The Kier molecular flexibility index (Phi) is 4.33. The normalized spacial score (nSPS) is 17.4. The smallest absolute Gasteiger partial charge is 0.0686 e. The highest BCUT2D eigenvalue weighted by Gasteiger charge is 2.16. The van der Waals surface area contributed by atoms with E-state index in [1.807, 2.05) is 0 Å². The van der Waals surface area contributed by atoms with E-state index >= 15 is 0 Å². The molecule has 1 aliphatic carbocycles. The summed E-state index contributed by atoms with van der Waals surface area (Å²) in [6, 6.07) is 0. The first kappa shape index (κ1) is 9.75. The molecule has 0 radical (unpaired) electrons. The van der Waals surface area contributed by atoms with Gasteiger partial charge in [-0.15, -0.1) is 0 Å². The van der Waals surface area contributed by atoms with Crippen molar-refractivity contribution in [2.75, 3.05) is 19.8 Å². The van der Waals surface area contributed by atoms with Gasteiger partial charge in [0.1, 0.15) is 0 Å². The summed E-state index contributed by atoms with van der Waals surface area (Å²) in [4.78, 5) is 0. The monoisotopic (exact) mass is 169 g/mol. The maximum atomic E-state index is 5.41.